The average molecular weight is 396 g/mol. The molecule has 0 unspecified atom stereocenters. The second kappa shape index (κ2) is 8.17. The summed E-state index contributed by atoms with van der Waals surface area (Å²) in [6.07, 6.45) is 4.16. The van der Waals surface area contributed by atoms with Crippen molar-refractivity contribution in [2.24, 2.45) is 0 Å². The van der Waals surface area contributed by atoms with Gasteiger partial charge in [0.2, 0.25) is 0 Å². The third-order valence-corrected chi connectivity index (χ3v) is 5.86. The highest BCUT2D eigenvalue weighted by atomic mass is 16.5. The Labute approximate surface area is 177 Å². The Hall–Kier alpha value is -3.37. The van der Waals surface area contributed by atoms with E-state index in [1.165, 1.54) is 16.7 Å². The third kappa shape index (κ3) is 3.19. The van der Waals surface area contributed by atoms with Crippen molar-refractivity contribution in [1.29, 1.82) is 0 Å². The van der Waals surface area contributed by atoms with Gasteiger partial charge < -0.3 is 9.64 Å². The summed E-state index contributed by atoms with van der Waals surface area (Å²) in [5, 5.41) is 4.93. The van der Waals surface area contributed by atoms with Gasteiger partial charge in [-0.05, 0) is 16.7 Å². The van der Waals surface area contributed by atoms with Crippen molar-refractivity contribution in [3.05, 3.63) is 120 Å². The van der Waals surface area contributed by atoms with Gasteiger partial charge in [0.05, 0.1) is 31.3 Å². The zero-order chi connectivity index (χ0) is 20.2. The number of ether oxygens (including phenoxy) is 1. The minimum Gasteiger partial charge on any atom is -0.378 e. The number of hydrogen-bond acceptors (Lipinski definition) is 3. The van der Waals surface area contributed by atoms with E-state index in [-0.39, 0.29) is 0 Å². The van der Waals surface area contributed by atoms with Crippen LogP contribution in [0.2, 0.25) is 0 Å². The highest BCUT2D eigenvalue weighted by molar-refractivity contribution is 5.52. The molecule has 0 amide bonds. The van der Waals surface area contributed by atoms with Gasteiger partial charge in [0.25, 0.3) is 0 Å². The smallest absolute Gasteiger partial charge is 0.138 e. The molecule has 4 heteroatoms. The first-order chi connectivity index (χ1) is 14.9. The maximum atomic E-state index is 5.53. The molecule has 4 nitrogen and oxygen atoms in total. The first-order valence-corrected chi connectivity index (χ1v) is 10.4. The largest absolute Gasteiger partial charge is 0.378 e. The fourth-order valence-electron chi connectivity index (χ4n) is 4.42. The second-order valence-electron chi connectivity index (χ2n) is 7.55. The van der Waals surface area contributed by atoms with Crippen LogP contribution < -0.4 is 4.90 Å². The quantitative estimate of drug-likeness (QED) is 0.464. The molecule has 3 aromatic carbocycles. The molecule has 1 fully saturated rings. The fourth-order valence-corrected chi connectivity index (χ4v) is 4.42. The molecule has 4 aromatic rings. The van der Waals surface area contributed by atoms with Crippen LogP contribution in [0.5, 0.6) is 0 Å². The van der Waals surface area contributed by atoms with Crippen molar-refractivity contribution in [3.63, 3.8) is 0 Å². The molecule has 5 rings (SSSR count). The molecule has 30 heavy (non-hydrogen) atoms. The maximum absolute atomic E-state index is 5.53. The second-order valence-corrected chi connectivity index (χ2v) is 7.55. The molecular formula is C26H25N3O. The minimum absolute atomic E-state index is 0.561. The summed E-state index contributed by atoms with van der Waals surface area (Å²) in [4.78, 5) is 2.35. The van der Waals surface area contributed by atoms with Gasteiger partial charge >= 0.3 is 0 Å². The van der Waals surface area contributed by atoms with Crippen LogP contribution in [0, 0.1) is 0 Å². The maximum Gasteiger partial charge on any atom is 0.138 e. The van der Waals surface area contributed by atoms with E-state index >= 15 is 0 Å². The summed E-state index contributed by atoms with van der Waals surface area (Å²) in [5.41, 5.74) is 4.11. The monoisotopic (exact) mass is 395 g/mol. The lowest BCUT2D eigenvalue weighted by atomic mass is 9.77. The molecule has 2 heterocycles. The fraction of sp³-hybridized carbons (Fsp3) is 0.192. The minimum atomic E-state index is -0.561. The van der Waals surface area contributed by atoms with Crippen molar-refractivity contribution in [2.45, 2.75) is 5.54 Å². The lowest BCUT2D eigenvalue weighted by molar-refractivity contribution is 0.122. The van der Waals surface area contributed by atoms with Crippen LogP contribution in [0.25, 0.3) is 0 Å². The summed E-state index contributed by atoms with van der Waals surface area (Å²) >= 11 is 0. The number of hydrogen-bond donors (Lipinski definition) is 0. The number of rotatable bonds is 5. The van der Waals surface area contributed by atoms with Gasteiger partial charge in [0, 0.05) is 13.1 Å². The molecule has 1 saturated heterocycles. The van der Waals surface area contributed by atoms with Crippen LogP contribution in [0.15, 0.2) is 103 Å². The zero-order valence-electron chi connectivity index (χ0n) is 16.9. The summed E-state index contributed by atoms with van der Waals surface area (Å²) in [6.45, 7) is 3.29. The van der Waals surface area contributed by atoms with Crippen LogP contribution in [0.1, 0.15) is 16.7 Å². The Morgan fingerprint density at radius 2 is 1.13 bits per heavy atom. The first kappa shape index (κ1) is 18.6. The van der Waals surface area contributed by atoms with E-state index in [1.54, 1.807) is 0 Å². The standard InChI is InChI=1S/C26H25N3O/c1-4-10-22(11-5-1)26(23-12-6-2-7-13-23,24-14-8-3-9-15-24)29-21-25(20-27-29)28-16-18-30-19-17-28/h1-15,20-21H,16-19H2. The number of aromatic nitrogens is 2. The predicted molar refractivity (Wildman–Crippen MR) is 120 cm³/mol. The molecule has 0 N–H and O–H groups in total. The van der Waals surface area contributed by atoms with Crippen LogP contribution in [0.4, 0.5) is 5.69 Å². The normalized spacial score (nSPS) is 14.6. The van der Waals surface area contributed by atoms with E-state index < -0.39 is 5.54 Å². The Morgan fingerprint density at radius 3 is 1.60 bits per heavy atom. The molecule has 0 atom stereocenters. The number of benzene rings is 3. The van der Waals surface area contributed by atoms with Crippen LogP contribution in [-0.4, -0.2) is 36.1 Å². The molecular weight excluding hydrogens is 370 g/mol. The van der Waals surface area contributed by atoms with Crippen molar-refractivity contribution < 1.29 is 4.74 Å². The number of nitrogens with zero attached hydrogens (tertiary/aromatic N) is 3. The highest BCUT2D eigenvalue weighted by Gasteiger charge is 2.39. The molecule has 0 radical (unpaired) electrons. The molecule has 0 saturated carbocycles. The third-order valence-electron chi connectivity index (χ3n) is 5.86. The van der Waals surface area contributed by atoms with E-state index in [1.807, 2.05) is 6.20 Å². The van der Waals surface area contributed by atoms with E-state index in [0.717, 1.165) is 32.0 Å². The number of anilines is 1. The summed E-state index contributed by atoms with van der Waals surface area (Å²) < 4.78 is 7.66. The molecule has 0 spiro atoms. The SMILES string of the molecule is c1ccc(C(c2ccccc2)(c2ccccc2)n2cc(N3CCOCC3)cn2)cc1. The Kier molecular flexibility index (Phi) is 5.08. The van der Waals surface area contributed by atoms with Crippen molar-refractivity contribution in [2.75, 3.05) is 31.2 Å². The Morgan fingerprint density at radius 1 is 0.667 bits per heavy atom. The van der Waals surface area contributed by atoms with E-state index in [4.69, 9.17) is 9.84 Å². The molecule has 1 aliphatic heterocycles. The first-order valence-electron chi connectivity index (χ1n) is 10.4. The lowest BCUT2D eigenvalue weighted by Crippen LogP contribution is -2.38. The van der Waals surface area contributed by atoms with Crippen LogP contribution in [-0.2, 0) is 10.3 Å². The highest BCUT2D eigenvalue weighted by Crippen LogP contribution is 2.40. The van der Waals surface area contributed by atoms with Crippen LogP contribution >= 0.6 is 0 Å². The van der Waals surface area contributed by atoms with Gasteiger partial charge in [-0.25, -0.2) is 0 Å². The van der Waals surface area contributed by atoms with Gasteiger partial charge in [-0.1, -0.05) is 91.0 Å². The summed E-state index contributed by atoms with van der Waals surface area (Å²) in [6, 6.07) is 31.9. The van der Waals surface area contributed by atoms with Gasteiger partial charge in [-0.15, -0.1) is 0 Å². The van der Waals surface area contributed by atoms with Crippen molar-refractivity contribution in [3.8, 4) is 0 Å². The Balaban J connectivity index is 1.75. The van der Waals surface area contributed by atoms with Gasteiger partial charge in [-0.3, -0.25) is 4.68 Å². The molecule has 0 bridgehead atoms. The Bertz CT molecular complexity index is 974. The molecule has 1 aliphatic rings. The van der Waals surface area contributed by atoms with Gasteiger partial charge in [0.1, 0.15) is 5.54 Å². The number of morpholine rings is 1. The molecule has 150 valence electrons. The van der Waals surface area contributed by atoms with Crippen molar-refractivity contribution >= 4 is 5.69 Å². The summed E-state index contributed by atoms with van der Waals surface area (Å²) in [5.74, 6) is 0. The predicted octanol–water partition coefficient (Wildman–Crippen LogP) is 4.56. The van der Waals surface area contributed by atoms with Gasteiger partial charge in [-0.2, -0.15) is 5.10 Å². The van der Waals surface area contributed by atoms with Crippen LogP contribution in [0.3, 0.4) is 0 Å². The zero-order valence-corrected chi connectivity index (χ0v) is 16.9. The molecule has 1 aromatic heterocycles. The van der Waals surface area contributed by atoms with E-state index in [9.17, 15) is 0 Å². The average Bonchev–Trinajstić information content (AvgIpc) is 3.33. The summed E-state index contributed by atoms with van der Waals surface area (Å²) in [7, 11) is 0. The van der Waals surface area contributed by atoms with Crippen molar-refractivity contribution in [1.82, 2.24) is 9.78 Å². The van der Waals surface area contributed by atoms with E-state index in [0.29, 0.717) is 0 Å². The molecule has 0 aliphatic carbocycles. The van der Waals surface area contributed by atoms with E-state index in [2.05, 4.69) is 107 Å². The van der Waals surface area contributed by atoms with Gasteiger partial charge in [0.15, 0.2) is 0 Å². The topological polar surface area (TPSA) is 30.3 Å². The lowest BCUT2D eigenvalue weighted by Gasteiger charge is -2.36.